The maximum absolute atomic E-state index is 12.8. The minimum atomic E-state index is 0.329. The van der Waals surface area contributed by atoms with Gasteiger partial charge >= 0.3 is 0 Å². The van der Waals surface area contributed by atoms with Gasteiger partial charge in [-0.25, -0.2) is 0 Å². The average molecular weight is 300 g/mol. The molecule has 2 unspecified atom stereocenters. The van der Waals surface area contributed by atoms with Gasteiger partial charge < -0.3 is 9.80 Å². The van der Waals surface area contributed by atoms with E-state index in [4.69, 9.17) is 0 Å². The van der Waals surface area contributed by atoms with Crippen molar-refractivity contribution in [3.05, 3.63) is 29.3 Å². The lowest BCUT2D eigenvalue weighted by Crippen LogP contribution is -2.47. The van der Waals surface area contributed by atoms with E-state index in [0.29, 0.717) is 24.3 Å². The van der Waals surface area contributed by atoms with E-state index in [1.54, 1.807) is 0 Å². The predicted molar refractivity (Wildman–Crippen MR) is 91.5 cm³/mol. The number of anilines is 1. The molecule has 3 nitrogen and oxygen atoms in total. The molecule has 1 amide bonds. The predicted octanol–water partition coefficient (Wildman–Crippen LogP) is 3.71. The second kappa shape index (κ2) is 6.41. The Kier molecular flexibility index (Phi) is 4.53. The number of aryl methyl sites for hydroxylation is 1. The topological polar surface area (TPSA) is 23.6 Å². The molecule has 0 aromatic heterocycles. The molecule has 2 atom stereocenters. The highest BCUT2D eigenvalue weighted by atomic mass is 16.2. The number of unbranched alkanes of at least 4 members (excludes halogenated alkanes) is 2. The van der Waals surface area contributed by atoms with Crippen LogP contribution in [0.15, 0.2) is 18.2 Å². The molecule has 3 rings (SSSR count). The fourth-order valence-electron chi connectivity index (χ4n) is 4.05. The second-order valence-corrected chi connectivity index (χ2v) is 7.01. The first kappa shape index (κ1) is 15.5. The molecule has 1 aromatic carbocycles. The van der Waals surface area contributed by atoms with Crippen molar-refractivity contribution in [3.63, 3.8) is 0 Å². The Balaban J connectivity index is 1.88. The smallest absolute Gasteiger partial charge is 0.227 e. The normalized spacial score (nSPS) is 24.2. The Morgan fingerprint density at radius 3 is 2.91 bits per heavy atom. The molecular formula is C19H28N2O. The Hall–Kier alpha value is -1.35. The van der Waals surface area contributed by atoms with Crippen LogP contribution in [0.4, 0.5) is 5.69 Å². The van der Waals surface area contributed by atoms with Crippen LogP contribution in [0.5, 0.6) is 0 Å². The van der Waals surface area contributed by atoms with Crippen molar-refractivity contribution in [1.82, 2.24) is 4.90 Å². The van der Waals surface area contributed by atoms with Crippen LogP contribution in [0, 0.1) is 6.92 Å². The second-order valence-electron chi connectivity index (χ2n) is 7.01. The minimum absolute atomic E-state index is 0.329. The highest BCUT2D eigenvalue weighted by Crippen LogP contribution is 2.45. The zero-order valence-electron chi connectivity index (χ0n) is 14.1. The van der Waals surface area contributed by atoms with Crippen molar-refractivity contribution < 1.29 is 4.79 Å². The summed E-state index contributed by atoms with van der Waals surface area (Å²) < 4.78 is 0. The van der Waals surface area contributed by atoms with E-state index in [2.05, 4.69) is 48.9 Å². The van der Waals surface area contributed by atoms with E-state index < -0.39 is 0 Å². The van der Waals surface area contributed by atoms with E-state index >= 15 is 0 Å². The zero-order valence-corrected chi connectivity index (χ0v) is 14.1. The number of amides is 1. The van der Waals surface area contributed by atoms with Gasteiger partial charge in [0, 0.05) is 30.6 Å². The Labute approximate surface area is 134 Å². The van der Waals surface area contributed by atoms with Gasteiger partial charge in [0.25, 0.3) is 0 Å². The molecule has 0 radical (unpaired) electrons. The van der Waals surface area contributed by atoms with Gasteiger partial charge in [0.2, 0.25) is 5.91 Å². The molecule has 0 aliphatic carbocycles. The summed E-state index contributed by atoms with van der Waals surface area (Å²) >= 11 is 0. The van der Waals surface area contributed by atoms with Gasteiger partial charge in [-0.1, -0.05) is 37.5 Å². The number of hydrogen-bond donors (Lipinski definition) is 0. The maximum Gasteiger partial charge on any atom is 0.227 e. The molecule has 22 heavy (non-hydrogen) atoms. The van der Waals surface area contributed by atoms with Crippen molar-refractivity contribution in [2.75, 3.05) is 25.0 Å². The van der Waals surface area contributed by atoms with Crippen LogP contribution in [0.1, 0.15) is 56.1 Å². The van der Waals surface area contributed by atoms with E-state index in [0.717, 1.165) is 32.4 Å². The number of nitrogens with zero attached hydrogens (tertiary/aromatic N) is 2. The summed E-state index contributed by atoms with van der Waals surface area (Å²) in [6.07, 6.45) is 5.12. The third-order valence-corrected chi connectivity index (χ3v) is 5.22. The lowest BCUT2D eigenvalue weighted by atomic mass is 9.89. The average Bonchev–Trinajstić information content (AvgIpc) is 2.80. The number of benzene rings is 1. The maximum atomic E-state index is 12.8. The van der Waals surface area contributed by atoms with Crippen LogP contribution in [0.25, 0.3) is 0 Å². The lowest BCUT2D eigenvalue weighted by molar-refractivity contribution is -0.119. The number of hydrogen-bond acceptors (Lipinski definition) is 2. The van der Waals surface area contributed by atoms with Crippen LogP contribution < -0.4 is 4.90 Å². The number of likely N-dealkylation sites (N-methyl/N-ethyl adjacent to an activating group) is 1. The summed E-state index contributed by atoms with van der Waals surface area (Å²) in [5, 5.41) is 0. The van der Waals surface area contributed by atoms with Crippen LogP contribution in [-0.2, 0) is 4.79 Å². The molecule has 1 fully saturated rings. The summed E-state index contributed by atoms with van der Waals surface area (Å²) in [6, 6.07) is 6.99. The fraction of sp³-hybridized carbons (Fsp3) is 0.632. The van der Waals surface area contributed by atoms with Gasteiger partial charge in [-0.3, -0.25) is 4.79 Å². The van der Waals surface area contributed by atoms with Crippen LogP contribution >= 0.6 is 0 Å². The standard InChI is InChI=1S/C19H28N2O/c1-4-5-6-7-19(22)21-17-9-8-14(2)12-15(17)16-13-20(3)11-10-18(16)21/h8-9,12,16,18H,4-7,10-11,13H2,1-3H3. The Morgan fingerprint density at radius 1 is 1.32 bits per heavy atom. The van der Waals surface area contributed by atoms with Crippen molar-refractivity contribution in [1.29, 1.82) is 0 Å². The zero-order chi connectivity index (χ0) is 15.7. The van der Waals surface area contributed by atoms with E-state index in [-0.39, 0.29) is 0 Å². The summed E-state index contributed by atoms with van der Waals surface area (Å²) in [7, 11) is 2.19. The molecule has 2 heterocycles. The molecule has 1 saturated heterocycles. The molecule has 2 aliphatic heterocycles. The molecule has 0 saturated carbocycles. The van der Waals surface area contributed by atoms with Gasteiger partial charge in [-0.2, -0.15) is 0 Å². The Bertz CT molecular complexity index is 554. The number of fused-ring (bicyclic) bond motifs is 3. The van der Waals surface area contributed by atoms with Gasteiger partial charge in [0.15, 0.2) is 0 Å². The molecule has 1 aromatic rings. The lowest BCUT2D eigenvalue weighted by Gasteiger charge is -2.36. The fourth-order valence-corrected chi connectivity index (χ4v) is 4.05. The van der Waals surface area contributed by atoms with E-state index in [9.17, 15) is 4.79 Å². The van der Waals surface area contributed by atoms with Gasteiger partial charge in [-0.05, 0) is 45.0 Å². The van der Waals surface area contributed by atoms with Gasteiger partial charge in [-0.15, -0.1) is 0 Å². The number of carbonyl (C=O) groups is 1. The monoisotopic (exact) mass is 300 g/mol. The molecule has 0 spiro atoms. The molecule has 0 bridgehead atoms. The first-order valence-electron chi connectivity index (χ1n) is 8.73. The molecule has 120 valence electrons. The van der Waals surface area contributed by atoms with E-state index in [1.165, 1.54) is 23.2 Å². The quantitative estimate of drug-likeness (QED) is 0.791. The van der Waals surface area contributed by atoms with Gasteiger partial charge in [0.1, 0.15) is 0 Å². The summed E-state index contributed by atoms with van der Waals surface area (Å²) in [5.41, 5.74) is 3.86. The van der Waals surface area contributed by atoms with Crippen molar-refractivity contribution >= 4 is 11.6 Å². The van der Waals surface area contributed by atoms with Crippen LogP contribution in [-0.4, -0.2) is 37.0 Å². The molecular weight excluding hydrogens is 272 g/mol. The number of likely N-dealkylation sites (tertiary alicyclic amines) is 1. The largest absolute Gasteiger partial charge is 0.308 e. The first-order chi connectivity index (χ1) is 10.6. The van der Waals surface area contributed by atoms with Gasteiger partial charge in [0.05, 0.1) is 0 Å². The number of piperidine rings is 1. The highest BCUT2D eigenvalue weighted by molar-refractivity contribution is 5.96. The van der Waals surface area contributed by atoms with Crippen molar-refractivity contribution in [2.45, 2.75) is 57.9 Å². The summed E-state index contributed by atoms with van der Waals surface area (Å²) in [6.45, 7) is 6.49. The third-order valence-electron chi connectivity index (χ3n) is 5.22. The third kappa shape index (κ3) is 2.79. The summed E-state index contributed by atoms with van der Waals surface area (Å²) in [5.74, 6) is 0.819. The SMILES string of the molecule is CCCCCC(=O)N1c2ccc(C)cc2C2CN(C)CCC21. The van der Waals surface area contributed by atoms with Crippen LogP contribution in [0.3, 0.4) is 0 Å². The van der Waals surface area contributed by atoms with E-state index in [1.807, 2.05) is 0 Å². The number of carbonyl (C=O) groups excluding carboxylic acids is 1. The molecule has 2 aliphatic rings. The molecule has 0 N–H and O–H groups in total. The Morgan fingerprint density at radius 2 is 2.14 bits per heavy atom. The highest BCUT2D eigenvalue weighted by Gasteiger charge is 2.43. The van der Waals surface area contributed by atoms with Crippen molar-refractivity contribution in [3.8, 4) is 0 Å². The minimum Gasteiger partial charge on any atom is -0.308 e. The van der Waals surface area contributed by atoms with Crippen LogP contribution in [0.2, 0.25) is 0 Å². The summed E-state index contributed by atoms with van der Waals surface area (Å²) in [4.78, 5) is 17.4. The van der Waals surface area contributed by atoms with Crippen molar-refractivity contribution in [2.24, 2.45) is 0 Å². The first-order valence-corrected chi connectivity index (χ1v) is 8.73. The number of rotatable bonds is 4. The molecule has 3 heteroatoms.